The van der Waals surface area contributed by atoms with E-state index in [1.165, 1.54) is 55.3 Å². The summed E-state index contributed by atoms with van der Waals surface area (Å²) < 4.78 is 86.3. The fourth-order valence-corrected chi connectivity index (χ4v) is 9.46. The molecule has 4 aliphatic heterocycles. The Labute approximate surface area is 400 Å². The fourth-order valence-electron chi connectivity index (χ4n) is 9.07. The Morgan fingerprint density at radius 3 is 1.30 bits per heavy atom. The highest BCUT2D eigenvalue weighted by molar-refractivity contribution is 6.31. The van der Waals surface area contributed by atoms with E-state index in [9.17, 15) is 65.3 Å². The Bertz CT molecular complexity index is 3170. The predicted molar refractivity (Wildman–Crippen MR) is 238 cm³/mol. The summed E-state index contributed by atoms with van der Waals surface area (Å²) in [4.78, 5) is 80.0. The SMILES string of the molecule is O=C(NCc1cccc(Cl)c1F)c1cn2c(c(O)c1=O)C(=O)N1Cc3cc(F)c(F)cc3C[C@@H]2C1.O=C(NCc1cccc(Cl)c1F)c1cn2c(c(O)c1=O)C(=O)N1Cc3cc(F)c(F)cc3C[C@H]2C1. The number of benzene rings is 4. The van der Waals surface area contributed by atoms with E-state index in [1.54, 1.807) is 0 Å². The Hall–Kier alpha value is -7.58. The van der Waals surface area contributed by atoms with Crippen molar-refractivity contribution in [2.75, 3.05) is 13.1 Å². The number of aromatic nitrogens is 2. The van der Waals surface area contributed by atoms with Crippen molar-refractivity contribution < 1.29 is 55.7 Å². The van der Waals surface area contributed by atoms with Gasteiger partial charge in [-0.1, -0.05) is 47.5 Å². The molecule has 0 spiro atoms. The molecule has 0 saturated heterocycles. The summed E-state index contributed by atoms with van der Waals surface area (Å²) in [6.45, 7) is -0.323. The van der Waals surface area contributed by atoms with Gasteiger partial charge in [-0.05, 0) is 71.5 Å². The van der Waals surface area contributed by atoms with E-state index in [0.29, 0.717) is 22.3 Å². The van der Waals surface area contributed by atoms with Gasteiger partial charge < -0.3 is 39.8 Å². The molecule has 2 aromatic heterocycles. The van der Waals surface area contributed by atoms with Gasteiger partial charge in [0.15, 0.2) is 46.2 Å². The van der Waals surface area contributed by atoms with Crippen LogP contribution < -0.4 is 21.5 Å². The number of carbonyl (C=O) groups is 4. The lowest BCUT2D eigenvalue weighted by Gasteiger charge is -2.34. The molecule has 360 valence electrons. The van der Waals surface area contributed by atoms with Crippen LogP contribution in [0.15, 0.2) is 82.6 Å². The van der Waals surface area contributed by atoms with E-state index >= 15 is 0 Å². The van der Waals surface area contributed by atoms with E-state index in [2.05, 4.69) is 10.6 Å². The summed E-state index contributed by atoms with van der Waals surface area (Å²) in [5, 5.41) is 25.8. The Kier molecular flexibility index (Phi) is 12.5. The number of fused-ring (bicyclic) bond motifs is 10. The Balaban J connectivity index is 0.000000174. The van der Waals surface area contributed by atoms with Gasteiger partial charge in [-0.15, -0.1) is 0 Å². The van der Waals surface area contributed by atoms with Crippen molar-refractivity contribution >= 4 is 46.8 Å². The maximum atomic E-state index is 14.1. The fraction of sp³-hybridized carbons (Fsp3) is 0.208. The van der Waals surface area contributed by atoms with Crippen LogP contribution in [0.3, 0.4) is 0 Å². The quantitative estimate of drug-likeness (QED) is 0.134. The van der Waals surface area contributed by atoms with Crippen LogP contribution in [-0.4, -0.2) is 65.9 Å². The van der Waals surface area contributed by atoms with Gasteiger partial charge in [0.2, 0.25) is 10.9 Å². The molecule has 2 atom stereocenters. The number of pyridine rings is 2. The molecule has 0 aliphatic carbocycles. The second-order valence-corrected chi connectivity index (χ2v) is 17.7. The van der Waals surface area contributed by atoms with Crippen molar-refractivity contribution in [1.82, 2.24) is 29.6 Å². The van der Waals surface area contributed by atoms with Crippen LogP contribution in [-0.2, 0) is 39.0 Å². The van der Waals surface area contributed by atoms with E-state index in [0.717, 1.165) is 36.7 Å². The lowest BCUT2D eigenvalue weighted by molar-refractivity contribution is 0.0647. The van der Waals surface area contributed by atoms with Crippen LogP contribution in [0.1, 0.15) is 87.2 Å². The molecular weight excluding hydrogens is 973 g/mol. The number of halogens is 8. The third-order valence-corrected chi connectivity index (χ3v) is 13.2. The zero-order chi connectivity index (χ0) is 50.0. The molecule has 4 N–H and O–H groups in total. The molecule has 6 heterocycles. The van der Waals surface area contributed by atoms with Crippen LogP contribution in [0, 0.1) is 34.9 Å². The zero-order valence-electron chi connectivity index (χ0n) is 35.9. The molecule has 4 amide bonds. The lowest BCUT2D eigenvalue weighted by atomic mass is 10.0. The number of aromatic hydroxyl groups is 2. The molecular formula is C48H34Cl2F6N6O8. The van der Waals surface area contributed by atoms with Crippen LogP contribution in [0.4, 0.5) is 26.3 Å². The minimum absolute atomic E-state index is 0.0249. The summed E-state index contributed by atoms with van der Waals surface area (Å²) in [6, 6.07) is 11.6. The van der Waals surface area contributed by atoms with Crippen LogP contribution in [0.25, 0.3) is 0 Å². The minimum Gasteiger partial charge on any atom is -0.503 e. The van der Waals surface area contributed by atoms with Crippen molar-refractivity contribution in [1.29, 1.82) is 0 Å². The summed E-state index contributed by atoms with van der Waals surface area (Å²) >= 11 is 11.5. The second-order valence-electron chi connectivity index (χ2n) is 16.9. The lowest BCUT2D eigenvalue weighted by Crippen LogP contribution is -2.44. The molecule has 14 nitrogen and oxygen atoms in total. The molecule has 22 heteroatoms. The normalized spacial score (nSPS) is 16.4. The average molecular weight is 1010 g/mol. The summed E-state index contributed by atoms with van der Waals surface area (Å²) in [7, 11) is 0. The highest BCUT2D eigenvalue weighted by Crippen LogP contribution is 2.36. The number of hydrogen-bond donors (Lipinski definition) is 4. The molecule has 6 aromatic rings. The molecule has 70 heavy (non-hydrogen) atoms. The number of carbonyl (C=O) groups excluding carboxylic acids is 4. The van der Waals surface area contributed by atoms with E-state index < -0.39 is 104 Å². The number of hydrogen-bond acceptors (Lipinski definition) is 8. The van der Waals surface area contributed by atoms with Gasteiger partial charge in [0.25, 0.3) is 23.6 Å². The van der Waals surface area contributed by atoms with Crippen LogP contribution in [0.2, 0.25) is 10.0 Å². The number of nitrogens with zero attached hydrogens (tertiary/aromatic N) is 4. The van der Waals surface area contributed by atoms with E-state index in [1.807, 2.05) is 0 Å². The Morgan fingerprint density at radius 2 is 0.929 bits per heavy atom. The molecule has 10 rings (SSSR count). The first-order valence-corrected chi connectivity index (χ1v) is 22.0. The highest BCUT2D eigenvalue weighted by atomic mass is 35.5. The zero-order valence-corrected chi connectivity index (χ0v) is 37.4. The average Bonchev–Trinajstić information content (AvgIpc) is 3.59. The molecule has 4 aliphatic rings. The largest absolute Gasteiger partial charge is 0.503 e. The van der Waals surface area contributed by atoms with Gasteiger partial charge in [0, 0.05) is 62.8 Å². The van der Waals surface area contributed by atoms with Crippen molar-refractivity contribution in [3.8, 4) is 11.5 Å². The number of amides is 4. The first-order chi connectivity index (χ1) is 33.3. The third kappa shape index (κ3) is 8.50. The number of nitrogens with one attached hydrogen (secondary N) is 2. The maximum Gasteiger partial charge on any atom is 0.274 e. The monoisotopic (exact) mass is 1010 g/mol. The van der Waals surface area contributed by atoms with E-state index in [4.69, 9.17) is 23.2 Å². The van der Waals surface area contributed by atoms with Gasteiger partial charge in [-0.2, -0.15) is 0 Å². The second kappa shape index (κ2) is 18.4. The Morgan fingerprint density at radius 1 is 0.571 bits per heavy atom. The van der Waals surface area contributed by atoms with Gasteiger partial charge >= 0.3 is 0 Å². The van der Waals surface area contributed by atoms with Gasteiger partial charge in [-0.25, -0.2) is 26.3 Å². The minimum atomic E-state index is -1.07. The predicted octanol–water partition coefficient (Wildman–Crippen LogP) is 6.62. The van der Waals surface area contributed by atoms with E-state index in [-0.39, 0.29) is 84.7 Å². The highest BCUT2D eigenvalue weighted by Gasteiger charge is 2.40. The maximum absolute atomic E-state index is 14.1. The summed E-state index contributed by atoms with van der Waals surface area (Å²) in [5.74, 6) is -10.5. The molecule has 0 fully saturated rings. The van der Waals surface area contributed by atoms with Crippen LogP contribution >= 0.6 is 23.2 Å². The standard InChI is InChI=1S/2C24H17ClF3N3O4/c2*25-16-3-1-2-11(19(16)28)7-29-23(34)15-10-31-14-4-12-5-17(26)18(27)6-13(12)8-30(9-14)24(35)20(31)22(33)21(15)32/h2*1-3,5-6,10,14,33H,4,7-9H2,(H,29,34)/t2*14-/m10/s1. The smallest absolute Gasteiger partial charge is 0.274 e. The molecule has 0 radical (unpaired) electrons. The van der Waals surface area contributed by atoms with Gasteiger partial charge in [0.05, 0.1) is 22.1 Å². The van der Waals surface area contributed by atoms with Gasteiger partial charge in [0.1, 0.15) is 22.8 Å². The summed E-state index contributed by atoms with van der Waals surface area (Å²) in [5.41, 5.74) is -1.71. The first-order valence-electron chi connectivity index (χ1n) is 21.2. The summed E-state index contributed by atoms with van der Waals surface area (Å²) in [6.07, 6.45) is 2.65. The molecule has 0 saturated carbocycles. The third-order valence-electron chi connectivity index (χ3n) is 12.6. The molecule has 4 aromatic carbocycles. The molecule has 0 unspecified atom stereocenters. The molecule has 4 bridgehead atoms. The number of rotatable bonds is 6. The van der Waals surface area contributed by atoms with Crippen molar-refractivity contribution in [3.63, 3.8) is 0 Å². The van der Waals surface area contributed by atoms with Crippen molar-refractivity contribution in [3.05, 3.63) is 194 Å². The first kappa shape index (κ1) is 47.5. The topological polar surface area (TPSA) is 183 Å². The van der Waals surface area contributed by atoms with Crippen LogP contribution in [0.5, 0.6) is 11.5 Å². The van der Waals surface area contributed by atoms with Crippen molar-refractivity contribution in [2.24, 2.45) is 0 Å². The van der Waals surface area contributed by atoms with Crippen molar-refractivity contribution in [2.45, 2.75) is 51.1 Å². The van der Waals surface area contributed by atoms with Gasteiger partial charge in [-0.3, -0.25) is 28.8 Å².